The van der Waals surface area contributed by atoms with Crippen LogP contribution in [0.1, 0.15) is 77.9 Å². The van der Waals surface area contributed by atoms with Gasteiger partial charge in [-0.2, -0.15) is 13.2 Å². The van der Waals surface area contributed by atoms with Crippen LogP contribution in [0.15, 0.2) is 29.1 Å². The van der Waals surface area contributed by atoms with Gasteiger partial charge in [-0.05, 0) is 69.9 Å². The number of nitrogens with zero attached hydrogens (tertiary/aromatic N) is 3. The van der Waals surface area contributed by atoms with Gasteiger partial charge in [-0.3, -0.25) is 14.6 Å². The zero-order valence-electron chi connectivity index (χ0n) is 23.0. The molecule has 1 amide bonds. The highest BCUT2D eigenvalue weighted by Crippen LogP contribution is 2.43. The highest BCUT2D eigenvalue weighted by atomic mass is 19.4. The third-order valence-corrected chi connectivity index (χ3v) is 7.80. The Balaban J connectivity index is 1.64. The summed E-state index contributed by atoms with van der Waals surface area (Å²) in [5.74, 6) is -1.53. The first-order valence-electron chi connectivity index (χ1n) is 13.6. The van der Waals surface area contributed by atoms with Crippen molar-refractivity contribution in [2.24, 2.45) is 7.05 Å². The van der Waals surface area contributed by atoms with Gasteiger partial charge < -0.3 is 20.1 Å². The van der Waals surface area contributed by atoms with Crippen LogP contribution in [0.2, 0.25) is 0 Å². The fourth-order valence-corrected chi connectivity index (χ4v) is 5.51. The average Bonchev–Trinajstić information content (AvgIpc) is 3.73. The van der Waals surface area contributed by atoms with Crippen LogP contribution in [0, 0.1) is 12.7 Å². The van der Waals surface area contributed by atoms with Gasteiger partial charge in [-0.15, -0.1) is 0 Å². The summed E-state index contributed by atoms with van der Waals surface area (Å²) in [6, 6.07) is 3.33. The Hall–Kier alpha value is -3.47. The zero-order valence-corrected chi connectivity index (χ0v) is 23.0. The smallest absolute Gasteiger partial charge is 0.369 e. The van der Waals surface area contributed by atoms with Gasteiger partial charge in [0.15, 0.2) is 0 Å². The maximum absolute atomic E-state index is 14.1. The lowest BCUT2D eigenvalue weighted by Crippen LogP contribution is -2.39. The topological polar surface area (TPSA) is 79.3 Å². The van der Waals surface area contributed by atoms with Crippen LogP contribution < -0.4 is 21.1 Å². The molecule has 11 heteroatoms. The van der Waals surface area contributed by atoms with E-state index in [1.165, 1.54) is 11.5 Å². The number of hydrogen-bond acceptors (Lipinski definition) is 5. The van der Waals surface area contributed by atoms with Crippen molar-refractivity contribution in [3.05, 3.63) is 68.5 Å². The summed E-state index contributed by atoms with van der Waals surface area (Å²) in [7, 11) is 1.62. The van der Waals surface area contributed by atoms with Crippen molar-refractivity contribution >= 4 is 22.5 Å². The summed E-state index contributed by atoms with van der Waals surface area (Å²) in [6.45, 7) is 7.24. The van der Waals surface area contributed by atoms with Gasteiger partial charge in [0.1, 0.15) is 11.4 Å². The molecule has 5 rings (SSSR count). The largest absolute Gasteiger partial charge is 0.416 e. The van der Waals surface area contributed by atoms with Crippen LogP contribution >= 0.6 is 0 Å². The third kappa shape index (κ3) is 5.43. The lowest BCUT2D eigenvalue weighted by molar-refractivity contribution is -0.137. The van der Waals surface area contributed by atoms with Gasteiger partial charge in [0.05, 0.1) is 28.5 Å². The van der Waals surface area contributed by atoms with E-state index in [0.717, 1.165) is 48.2 Å². The van der Waals surface area contributed by atoms with Crippen LogP contribution in [0.25, 0.3) is 10.9 Å². The molecule has 1 aliphatic heterocycles. The number of fused-ring (bicyclic) bond motifs is 1. The van der Waals surface area contributed by atoms with Crippen molar-refractivity contribution in [2.75, 3.05) is 24.5 Å². The first-order valence-corrected chi connectivity index (χ1v) is 13.6. The number of alkyl halides is 3. The summed E-state index contributed by atoms with van der Waals surface area (Å²) in [5.41, 5.74) is 1.02. The van der Waals surface area contributed by atoms with Crippen molar-refractivity contribution < 1.29 is 22.4 Å². The minimum Gasteiger partial charge on any atom is -0.369 e. The molecular weight excluding hydrogens is 526 g/mol. The zero-order chi connectivity index (χ0) is 28.9. The van der Waals surface area contributed by atoms with Crippen molar-refractivity contribution in [2.45, 2.75) is 64.2 Å². The fourth-order valence-electron chi connectivity index (χ4n) is 5.51. The number of pyridine rings is 2. The van der Waals surface area contributed by atoms with Crippen molar-refractivity contribution in [1.82, 2.24) is 20.2 Å². The average molecular weight is 560 g/mol. The van der Waals surface area contributed by atoms with E-state index >= 15 is 0 Å². The van der Waals surface area contributed by atoms with E-state index in [0.29, 0.717) is 36.9 Å². The first kappa shape index (κ1) is 28.1. The highest BCUT2D eigenvalue weighted by Gasteiger charge is 2.34. The fraction of sp³-hybridized carbons (Fsp3) is 0.483. The molecule has 7 nitrogen and oxygen atoms in total. The lowest BCUT2D eigenvalue weighted by Gasteiger charge is -2.28. The third-order valence-electron chi connectivity index (χ3n) is 7.80. The van der Waals surface area contributed by atoms with Crippen molar-refractivity contribution in [3.63, 3.8) is 0 Å². The van der Waals surface area contributed by atoms with E-state index in [4.69, 9.17) is 4.98 Å². The summed E-state index contributed by atoms with van der Waals surface area (Å²) < 4.78 is 55.5. The second-order valence-corrected chi connectivity index (χ2v) is 11.0. The van der Waals surface area contributed by atoms with E-state index in [1.807, 2.05) is 17.9 Å². The monoisotopic (exact) mass is 559 g/mol. The molecule has 0 radical (unpaired) electrons. The summed E-state index contributed by atoms with van der Waals surface area (Å²) in [5, 5.41) is 6.85. The number of aromatic nitrogens is 2. The number of amides is 1. The molecule has 2 aliphatic rings. The van der Waals surface area contributed by atoms with E-state index in [1.54, 1.807) is 7.05 Å². The van der Waals surface area contributed by atoms with Crippen LogP contribution in [0.5, 0.6) is 0 Å². The number of hydrogen-bond donors (Lipinski definition) is 2. The highest BCUT2D eigenvalue weighted by molar-refractivity contribution is 6.08. The van der Waals surface area contributed by atoms with E-state index in [9.17, 15) is 27.2 Å². The quantitative estimate of drug-likeness (QED) is 0.433. The molecule has 3 aromatic rings. The summed E-state index contributed by atoms with van der Waals surface area (Å²) >= 11 is 0. The van der Waals surface area contributed by atoms with Crippen LogP contribution in [-0.4, -0.2) is 41.1 Å². The maximum Gasteiger partial charge on any atom is 0.416 e. The van der Waals surface area contributed by atoms with Gasteiger partial charge in [-0.25, -0.2) is 4.39 Å². The molecule has 0 unspecified atom stereocenters. The predicted molar refractivity (Wildman–Crippen MR) is 145 cm³/mol. The molecule has 40 heavy (non-hydrogen) atoms. The van der Waals surface area contributed by atoms with E-state index < -0.39 is 35.1 Å². The Morgan fingerprint density at radius 3 is 2.55 bits per heavy atom. The number of benzene rings is 1. The van der Waals surface area contributed by atoms with E-state index in [-0.39, 0.29) is 23.1 Å². The van der Waals surface area contributed by atoms with Gasteiger partial charge in [0.2, 0.25) is 0 Å². The number of halogens is 4. The first-order chi connectivity index (χ1) is 18.8. The van der Waals surface area contributed by atoms with Crippen LogP contribution in [-0.2, 0) is 13.2 Å². The SMILES string of the molecule is Cc1cc2c(N3CCN[C@@H](C)CC3)c(C(=O)N[C@@H](C)c3cc(F)cc(C(F)(F)F)c3)c(=O)n(C)c2c(C2CC2)n1. The Bertz CT molecular complexity index is 1530. The van der Waals surface area contributed by atoms with Crippen molar-refractivity contribution in [3.8, 4) is 0 Å². The molecule has 1 aliphatic carbocycles. The normalized spacial score (nSPS) is 19.0. The minimum atomic E-state index is -4.74. The Morgan fingerprint density at radius 1 is 1.15 bits per heavy atom. The number of anilines is 1. The standard InChI is InChI=1S/C29H33F4N5O2/c1-15-7-9-38(10-8-34-15)25-22-11-16(2)35-24(18-5-6-18)26(22)37(4)28(40)23(25)27(39)36-17(3)19-12-20(29(31,32)33)14-21(30)13-19/h11-15,17-18,34H,5-10H2,1-4H3,(H,36,39)/t15-,17-/m0/s1. The number of aryl methyl sites for hydroxylation is 2. The second-order valence-electron chi connectivity index (χ2n) is 11.0. The molecule has 2 N–H and O–H groups in total. The van der Waals surface area contributed by atoms with Gasteiger partial charge in [0, 0.05) is 49.7 Å². The molecule has 1 saturated heterocycles. The molecule has 2 fully saturated rings. The van der Waals surface area contributed by atoms with Gasteiger partial charge >= 0.3 is 6.18 Å². The Morgan fingerprint density at radius 2 is 1.88 bits per heavy atom. The predicted octanol–water partition coefficient (Wildman–Crippen LogP) is 4.96. The molecule has 2 aromatic heterocycles. The molecule has 2 atom stereocenters. The van der Waals surface area contributed by atoms with Gasteiger partial charge in [0.25, 0.3) is 11.5 Å². The maximum atomic E-state index is 14.1. The number of carbonyl (C=O) groups excluding carboxylic acids is 1. The molecule has 0 spiro atoms. The van der Waals surface area contributed by atoms with Crippen LogP contribution in [0.3, 0.4) is 0 Å². The van der Waals surface area contributed by atoms with E-state index in [2.05, 4.69) is 17.6 Å². The Kier molecular flexibility index (Phi) is 7.37. The molecule has 1 aromatic carbocycles. The number of rotatable bonds is 5. The van der Waals surface area contributed by atoms with Gasteiger partial charge in [-0.1, -0.05) is 0 Å². The Labute approximate surface area is 229 Å². The van der Waals surface area contributed by atoms with Crippen molar-refractivity contribution in [1.29, 1.82) is 0 Å². The number of carbonyl (C=O) groups is 1. The molecule has 3 heterocycles. The molecular formula is C29H33F4N5O2. The molecule has 1 saturated carbocycles. The molecule has 0 bridgehead atoms. The number of nitrogens with one attached hydrogen (secondary N) is 2. The molecule has 214 valence electrons. The lowest BCUT2D eigenvalue weighted by atomic mass is 10.0. The summed E-state index contributed by atoms with van der Waals surface area (Å²) in [6.07, 6.45) is -2.00. The summed E-state index contributed by atoms with van der Waals surface area (Å²) in [4.78, 5) is 34.5. The van der Waals surface area contributed by atoms with Crippen LogP contribution in [0.4, 0.5) is 23.2 Å². The minimum absolute atomic E-state index is 0.0521. The second kappa shape index (κ2) is 10.5.